The fraction of sp³-hybridized carbons (Fsp3) is 0.235. The fourth-order valence-electron chi connectivity index (χ4n) is 2.28. The van der Waals surface area contributed by atoms with Crippen LogP contribution in [0, 0.1) is 12.7 Å². The van der Waals surface area contributed by atoms with Crippen molar-refractivity contribution in [3.8, 4) is 11.5 Å². The molecule has 1 aromatic carbocycles. The van der Waals surface area contributed by atoms with Gasteiger partial charge in [0, 0.05) is 6.42 Å². The SMILES string of the molecule is COC(=O)CCc1cc(C)c(OC2=C(F)C(=O)C=C/C2=N\O)c(F)c1O. The van der Waals surface area contributed by atoms with Gasteiger partial charge >= 0.3 is 5.97 Å². The van der Waals surface area contributed by atoms with Gasteiger partial charge in [0.1, 0.15) is 5.71 Å². The number of carbonyl (C=O) groups excluding carboxylic acids is 2. The lowest BCUT2D eigenvalue weighted by atomic mass is 10.0. The minimum atomic E-state index is -1.37. The largest absolute Gasteiger partial charge is 0.505 e. The molecule has 1 aromatic rings. The topological polar surface area (TPSA) is 105 Å². The molecule has 0 bridgehead atoms. The number of aryl methyl sites for hydroxylation is 2. The summed E-state index contributed by atoms with van der Waals surface area (Å²) >= 11 is 0. The Morgan fingerprint density at radius 2 is 2.00 bits per heavy atom. The van der Waals surface area contributed by atoms with Crippen LogP contribution in [0.2, 0.25) is 0 Å². The Bertz CT molecular complexity index is 857. The number of carbonyl (C=O) groups is 2. The summed E-state index contributed by atoms with van der Waals surface area (Å²) in [6.07, 6.45) is 1.76. The number of esters is 1. The Balaban J connectivity index is 2.39. The molecule has 0 unspecified atom stereocenters. The molecular formula is C17H15F2NO6. The van der Waals surface area contributed by atoms with Crippen molar-refractivity contribution in [2.24, 2.45) is 5.16 Å². The smallest absolute Gasteiger partial charge is 0.305 e. The minimum absolute atomic E-state index is 0.0121. The molecule has 1 aliphatic rings. The van der Waals surface area contributed by atoms with Crippen molar-refractivity contribution in [1.29, 1.82) is 0 Å². The van der Waals surface area contributed by atoms with E-state index < -0.39 is 46.4 Å². The van der Waals surface area contributed by atoms with Crippen LogP contribution in [0.3, 0.4) is 0 Å². The van der Waals surface area contributed by atoms with Crippen LogP contribution in [0.1, 0.15) is 17.5 Å². The number of methoxy groups -OCH3 is 1. The molecule has 0 saturated carbocycles. The van der Waals surface area contributed by atoms with Crippen LogP contribution in [-0.2, 0) is 20.7 Å². The van der Waals surface area contributed by atoms with E-state index in [-0.39, 0.29) is 24.0 Å². The third-order valence-corrected chi connectivity index (χ3v) is 3.64. The second kappa shape index (κ2) is 7.77. The molecule has 0 radical (unpaired) electrons. The number of ether oxygens (including phenoxy) is 2. The van der Waals surface area contributed by atoms with Gasteiger partial charge in [-0.2, -0.15) is 8.78 Å². The highest BCUT2D eigenvalue weighted by molar-refractivity contribution is 6.20. The summed E-state index contributed by atoms with van der Waals surface area (Å²) in [7, 11) is 1.20. The molecule has 2 rings (SSSR count). The molecule has 7 nitrogen and oxygen atoms in total. The summed E-state index contributed by atoms with van der Waals surface area (Å²) in [5.41, 5.74) is -0.127. The molecule has 9 heteroatoms. The van der Waals surface area contributed by atoms with Gasteiger partial charge in [-0.3, -0.25) is 9.59 Å². The summed E-state index contributed by atoms with van der Waals surface area (Å²) in [5, 5.41) is 21.7. The van der Waals surface area contributed by atoms with Crippen LogP contribution in [0.5, 0.6) is 11.5 Å². The van der Waals surface area contributed by atoms with Gasteiger partial charge in [-0.05, 0) is 42.7 Å². The number of phenolic OH excluding ortho intramolecular Hbond substituents is 1. The average molecular weight is 367 g/mol. The van der Waals surface area contributed by atoms with Crippen molar-refractivity contribution in [2.75, 3.05) is 7.11 Å². The van der Waals surface area contributed by atoms with Crippen molar-refractivity contribution in [1.82, 2.24) is 0 Å². The summed E-state index contributed by atoms with van der Waals surface area (Å²) in [6, 6.07) is 1.35. The van der Waals surface area contributed by atoms with E-state index in [0.29, 0.717) is 0 Å². The molecule has 0 spiro atoms. The molecule has 138 valence electrons. The first-order chi connectivity index (χ1) is 12.3. The first-order valence-corrected chi connectivity index (χ1v) is 7.40. The van der Waals surface area contributed by atoms with E-state index >= 15 is 0 Å². The van der Waals surface area contributed by atoms with Gasteiger partial charge in [-0.15, -0.1) is 0 Å². The third-order valence-electron chi connectivity index (χ3n) is 3.64. The number of benzene rings is 1. The number of hydrogen-bond acceptors (Lipinski definition) is 7. The standard InChI is InChI=1S/C17H15F2NO6/c1-8-7-9(3-6-12(22)25-2)15(23)14(19)16(8)26-17-10(20-24)4-5-11(21)13(17)18/h4-5,7,23-24H,3,6H2,1-2H3/b20-10+. The first kappa shape index (κ1) is 19.1. The third kappa shape index (κ3) is 3.71. The summed E-state index contributed by atoms with van der Waals surface area (Å²) in [5.74, 6) is -6.24. The van der Waals surface area contributed by atoms with Crippen LogP contribution < -0.4 is 4.74 Å². The van der Waals surface area contributed by atoms with E-state index in [4.69, 9.17) is 9.94 Å². The Kier molecular flexibility index (Phi) is 5.71. The van der Waals surface area contributed by atoms with E-state index in [9.17, 15) is 23.5 Å². The van der Waals surface area contributed by atoms with E-state index in [1.807, 2.05) is 0 Å². The van der Waals surface area contributed by atoms with Crippen molar-refractivity contribution in [2.45, 2.75) is 19.8 Å². The molecule has 1 aliphatic carbocycles. The van der Waals surface area contributed by atoms with Crippen molar-refractivity contribution in [3.05, 3.63) is 46.7 Å². The second-order valence-corrected chi connectivity index (χ2v) is 5.35. The lowest BCUT2D eigenvalue weighted by Gasteiger charge is -2.17. The summed E-state index contributed by atoms with van der Waals surface area (Å²) < 4.78 is 38.1. The predicted molar refractivity (Wildman–Crippen MR) is 85.3 cm³/mol. The molecule has 0 aromatic heterocycles. The van der Waals surface area contributed by atoms with Gasteiger partial charge in [0.2, 0.25) is 17.4 Å². The number of allylic oxidation sites excluding steroid dienone is 3. The lowest BCUT2D eigenvalue weighted by molar-refractivity contribution is -0.140. The molecule has 0 atom stereocenters. The number of hydrogen-bond donors (Lipinski definition) is 2. The molecule has 0 aliphatic heterocycles. The lowest BCUT2D eigenvalue weighted by Crippen LogP contribution is -2.18. The summed E-state index contributed by atoms with van der Waals surface area (Å²) in [6.45, 7) is 1.42. The van der Waals surface area contributed by atoms with Crippen molar-refractivity contribution < 1.29 is 38.2 Å². The van der Waals surface area contributed by atoms with Gasteiger partial charge in [0.25, 0.3) is 0 Å². The predicted octanol–water partition coefficient (Wildman–Crippen LogP) is 2.47. The maximum Gasteiger partial charge on any atom is 0.305 e. The molecule has 0 fully saturated rings. The Morgan fingerprint density at radius 1 is 1.31 bits per heavy atom. The zero-order valence-corrected chi connectivity index (χ0v) is 13.9. The normalized spacial score (nSPS) is 15.5. The first-order valence-electron chi connectivity index (χ1n) is 7.40. The van der Waals surface area contributed by atoms with Crippen LogP contribution >= 0.6 is 0 Å². The molecule has 26 heavy (non-hydrogen) atoms. The Hall–Kier alpha value is -3.23. The average Bonchev–Trinajstić information content (AvgIpc) is 2.63. The maximum atomic E-state index is 14.5. The highest BCUT2D eigenvalue weighted by atomic mass is 19.1. The highest BCUT2D eigenvalue weighted by Gasteiger charge is 2.27. The quantitative estimate of drug-likeness (QED) is 0.358. The maximum absolute atomic E-state index is 14.5. The summed E-state index contributed by atoms with van der Waals surface area (Å²) in [4.78, 5) is 22.6. The van der Waals surface area contributed by atoms with E-state index in [0.717, 1.165) is 12.2 Å². The fourth-order valence-corrected chi connectivity index (χ4v) is 2.28. The molecule has 0 heterocycles. The molecule has 2 N–H and O–H groups in total. The van der Waals surface area contributed by atoms with Crippen LogP contribution in [-0.4, -0.2) is 34.9 Å². The van der Waals surface area contributed by atoms with Gasteiger partial charge < -0.3 is 19.8 Å². The number of oxime groups is 1. The van der Waals surface area contributed by atoms with Crippen molar-refractivity contribution >= 4 is 17.5 Å². The Labute approximate surface area is 146 Å². The zero-order chi connectivity index (χ0) is 19.4. The van der Waals surface area contributed by atoms with Crippen LogP contribution in [0.4, 0.5) is 8.78 Å². The van der Waals surface area contributed by atoms with Crippen molar-refractivity contribution in [3.63, 3.8) is 0 Å². The van der Waals surface area contributed by atoms with Gasteiger partial charge in [0.05, 0.1) is 7.11 Å². The van der Waals surface area contributed by atoms with Crippen LogP contribution in [0.15, 0.2) is 35.0 Å². The second-order valence-electron chi connectivity index (χ2n) is 5.35. The zero-order valence-electron chi connectivity index (χ0n) is 13.9. The van der Waals surface area contributed by atoms with Crippen LogP contribution in [0.25, 0.3) is 0 Å². The molecule has 0 amide bonds. The molecular weight excluding hydrogens is 352 g/mol. The van der Waals surface area contributed by atoms with E-state index in [2.05, 4.69) is 9.89 Å². The molecule has 0 saturated heterocycles. The number of halogens is 2. The Morgan fingerprint density at radius 3 is 2.62 bits per heavy atom. The van der Waals surface area contributed by atoms with Gasteiger partial charge in [0.15, 0.2) is 17.3 Å². The highest BCUT2D eigenvalue weighted by Crippen LogP contribution is 2.36. The van der Waals surface area contributed by atoms with Gasteiger partial charge in [-0.1, -0.05) is 5.16 Å². The number of ketones is 1. The van der Waals surface area contributed by atoms with Gasteiger partial charge in [-0.25, -0.2) is 0 Å². The van der Waals surface area contributed by atoms with E-state index in [1.165, 1.54) is 20.1 Å². The number of rotatable bonds is 5. The number of phenols is 1. The van der Waals surface area contributed by atoms with E-state index in [1.54, 1.807) is 0 Å². The minimum Gasteiger partial charge on any atom is -0.505 e. The monoisotopic (exact) mass is 367 g/mol. The number of aromatic hydroxyl groups is 1. The number of nitrogens with zero attached hydrogens (tertiary/aromatic N) is 1.